The van der Waals surface area contributed by atoms with E-state index in [1.807, 2.05) is 6.26 Å². The van der Waals surface area contributed by atoms with Gasteiger partial charge in [-0.3, -0.25) is 4.79 Å². The lowest BCUT2D eigenvalue weighted by molar-refractivity contribution is -0.139. The van der Waals surface area contributed by atoms with E-state index in [0.717, 1.165) is 0 Å². The van der Waals surface area contributed by atoms with Gasteiger partial charge in [-0.1, -0.05) is 5.16 Å². The topological polar surface area (TPSA) is 92.4 Å². The molecule has 0 radical (unpaired) electrons. The summed E-state index contributed by atoms with van der Waals surface area (Å²) in [6.07, 6.45) is 3.54. The normalized spacial score (nSPS) is 12.1. The van der Waals surface area contributed by atoms with Crippen LogP contribution in [0.25, 0.3) is 0 Å². The highest BCUT2D eigenvalue weighted by molar-refractivity contribution is 7.98. The van der Waals surface area contributed by atoms with Gasteiger partial charge in [-0.25, -0.2) is 4.79 Å². The fourth-order valence-corrected chi connectivity index (χ4v) is 1.72. The molecule has 1 atom stereocenters. The van der Waals surface area contributed by atoms with Crippen molar-refractivity contribution in [3.8, 4) is 0 Å². The van der Waals surface area contributed by atoms with Crippen molar-refractivity contribution >= 4 is 23.6 Å². The zero-order valence-electron chi connectivity index (χ0n) is 9.60. The molecule has 1 aromatic rings. The Morgan fingerprint density at radius 1 is 1.65 bits per heavy atom. The number of rotatable bonds is 6. The van der Waals surface area contributed by atoms with E-state index in [2.05, 4.69) is 10.5 Å². The largest absolute Gasteiger partial charge is 0.480 e. The molecule has 0 fully saturated rings. The molecule has 0 aromatic carbocycles. The minimum Gasteiger partial charge on any atom is -0.480 e. The van der Waals surface area contributed by atoms with E-state index in [9.17, 15) is 9.59 Å². The minimum atomic E-state index is -1.04. The Morgan fingerprint density at radius 3 is 2.82 bits per heavy atom. The van der Waals surface area contributed by atoms with Crippen LogP contribution >= 0.6 is 11.8 Å². The van der Waals surface area contributed by atoms with Gasteiger partial charge >= 0.3 is 5.97 Å². The number of aromatic nitrogens is 1. The number of carboxylic acid groups (broad SMARTS) is 1. The molecule has 6 nitrogen and oxygen atoms in total. The molecule has 0 aliphatic carbocycles. The zero-order valence-corrected chi connectivity index (χ0v) is 10.4. The van der Waals surface area contributed by atoms with Crippen LogP contribution in [0.15, 0.2) is 10.7 Å². The lowest BCUT2D eigenvalue weighted by Gasteiger charge is -2.13. The second kappa shape index (κ2) is 6.29. The number of carbonyl (C=O) groups is 2. The summed E-state index contributed by atoms with van der Waals surface area (Å²) in [7, 11) is 0. The van der Waals surface area contributed by atoms with E-state index in [4.69, 9.17) is 9.63 Å². The number of carboxylic acids is 1. The van der Waals surface area contributed by atoms with E-state index in [1.54, 1.807) is 6.92 Å². The van der Waals surface area contributed by atoms with Gasteiger partial charge in [-0.05, 0) is 25.4 Å². The number of hydrogen-bond donors (Lipinski definition) is 2. The van der Waals surface area contributed by atoms with Gasteiger partial charge in [0, 0.05) is 0 Å². The molecule has 1 rings (SSSR count). The molecule has 7 heteroatoms. The predicted octanol–water partition coefficient (Wildman–Crippen LogP) is 0.919. The van der Waals surface area contributed by atoms with Gasteiger partial charge in [0.15, 0.2) is 0 Å². The van der Waals surface area contributed by atoms with Gasteiger partial charge in [0.2, 0.25) is 0 Å². The molecule has 1 aromatic heterocycles. The van der Waals surface area contributed by atoms with Crippen molar-refractivity contribution < 1.29 is 19.2 Å². The Hall–Kier alpha value is -1.50. The van der Waals surface area contributed by atoms with Crippen molar-refractivity contribution in [2.75, 3.05) is 12.0 Å². The Morgan fingerprint density at radius 2 is 2.35 bits per heavy atom. The summed E-state index contributed by atoms with van der Waals surface area (Å²) in [5.41, 5.74) is 0.264. The van der Waals surface area contributed by atoms with Gasteiger partial charge < -0.3 is 14.9 Å². The van der Waals surface area contributed by atoms with Crippen molar-refractivity contribution in [2.24, 2.45) is 0 Å². The van der Waals surface area contributed by atoms with Crippen LogP contribution in [0.5, 0.6) is 0 Å². The number of aliphatic carboxylic acids is 1. The van der Waals surface area contributed by atoms with E-state index in [-0.39, 0.29) is 5.56 Å². The number of aryl methyl sites for hydroxylation is 1. The first-order valence-electron chi connectivity index (χ1n) is 5.00. The first kappa shape index (κ1) is 13.6. The lowest BCUT2D eigenvalue weighted by atomic mass is 10.2. The maximum absolute atomic E-state index is 11.7. The molecule has 0 bridgehead atoms. The molecule has 0 unspecified atom stereocenters. The molecular formula is C10H14N2O4S. The van der Waals surface area contributed by atoms with Crippen LogP contribution in [0.1, 0.15) is 22.5 Å². The van der Waals surface area contributed by atoms with Crippen LogP contribution in [0.3, 0.4) is 0 Å². The van der Waals surface area contributed by atoms with Crippen molar-refractivity contribution in [2.45, 2.75) is 19.4 Å². The third kappa shape index (κ3) is 3.77. The number of nitrogens with zero attached hydrogens (tertiary/aromatic N) is 1. The van der Waals surface area contributed by atoms with Crippen LogP contribution in [-0.2, 0) is 4.79 Å². The fourth-order valence-electron chi connectivity index (χ4n) is 1.25. The maximum Gasteiger partial charge on any atom is 0.326 e. The summed E-state index contributed by atoms with van der Waals surface area (Å²) in [6, 6.07) is -0.885. The Kier molecular flexibility index (Phi) is 5.02. The van der Waals surface area contributed by atoms with Gasteiger partial charge in [0.05, 0.1) is 6.20 Å². The number of thioether (sulfide) groups is 1. The molecule has 1 heterocycles. The average molecular weight is 258 g/mol. The average Bonchev–Trinajstić information content (AvgIpc) is 2.70. The summed E-state index contributed by atoms with van der Waals surface area (Å²) in [6.45, 7) is 1.60. The number of nitrogens with one attached hydrogen (secondary N) is 1. The quantitative estimate of drug-likeness (QED) is 0.788. The molecule has 0 spiro atoms. The second-order valence-electron chi connectivity index (χ2n) is 3.44. The van der Waals surface area contributed by atoms with Crippen LogP contribution in [0.2, 0.25) is 0 Å². The summed E-state index contributed by atoms with van der Waals surface area (Å²) >= 11 is 1.53. The molecule has 0 aliphatic rings. The first-order chi connectivity index (χ1) is 8.06. The zero-order chi connectivity index (χ0) is 12.8. The third-order valence-electron chi connectivity index (χ3n) is 2.21. The van der Waals surface area contributed by atoms with Crippen molar-refractivity contribution in [1.82, 2.24) is 10.5 Å². The molecule has 0 saturated heterocycles. The fraction of sp³-hybridized carbons (Fsp3) is 0.500. The standard InChI is InChI=1S/C10H14N2O4S/c1-6-7(5-11-16-6)9(13)12-8(10(14)15)3-4-17-2/h5,8H,3-4H2,1-2H3,(H,12,13)(H,14,15)/t8-/m0/s1. The van der Waals surface area contributed by atoms with Gasteiger partial charge in [-0.2, -0.15) is 11.8 Å². The highest BCUT2D eigenvalue weighted by Crippen LogP contribution is 2.07. The van der Waals surface area contributed by atoms with E-state index in [0.29, 0.717) is 17.9 Å². The molecule has 0 saturated carbocycles. The van der Waals surface area contributed by atoms with Crippen LogP contribution in [-0.4, -0.2) is 40.2 Å². The highest BCUT2D eigenvalue weighted by Gasteiger charge is 2.22. The second-order valence-corrected chi connectivity index (χ2v) is 4.43. The summed E-state index contributed by atoms with van der Waals surface area (Å²) < 4.78 is 4.75. The number of hydrogen-bond acceptors (Lipinski definition) is 5. The number of carbonyl (C=O) groups excluding carboxylic acids is 1. The highest BCUT2D eigenvalue weighted by atomic mass is 32.2. The smallest absolute Gasteiger partial charge is 0.326 e. The third-order valence-corrected chi connectivity index (χ3v) is 2.85. The van der Waals surface area contributed by atoms with Crippen molar-refractivity contribution in [3.05, 3.63) is 17.5 Å². The van der Waals surface area contributed by atoms with Crippen LogP contribution < -0.4 is 5.32 Å². The van der Waals surface area contributed by atoms with Crippen LogP contribution in [0.4, 0.5) is 0 Å². The number of amides is 1. The summed E-state index contributed by atoms with van der Waals surface area (Å²) in [5.74, 6) is -0.477. The lowest BCUT2D eigenvalue weighted by Crippen LogP contribution is -2.41. The van der Waals surface area contributed by atoms with E-state index in [1.165, 1.54) is 18.0 Å². The molecule has 17 heavy (non-hydrogen) atoms. The minimum absolute atomic E-state index is 0.264. The summed E-state index contributed by atoms with van der Waals surface area (Å²) in [4.78, 5) is 22.7. The monoisotopic (exact) mass is 258 g/mol. The maximum atomic E-state index is 11.7. The SMILES string of the molecule is CSCC[C@H](NC(=O)c1cnoc1C)C(=O)O. The Labute approximate surface area is 103 Å². The first-order valence-corrected chi connectivity index (χ1v) is 6.39. The molecule has 1 amide bonds. The molecule has 0 aliphatic heterocycles. The molecular weight excluding hydrogens is 244 g/mol. The van der Waals surface area contributed by atoms with Gasteiger partial charge in [0.1, 0.15) is 17.4 Å². The van der Waals surface area contributed by atoms with Gasteiger partial charge in [0.25, 0.3) is 5.91 Å². The van der Waals surface area contributed by atoms with Crippen molar-refractivity contribution in [1.29, 1.82) is 0 Å². The van der Waals surface area contributed by atoms with Crippen molar-refractivity contribution in [3.63, 3.8) is 0 Å². The summed E-state index contributed by atoms with van der Waals surface area (Å²) in [5, 5.41) is 14.9. The predicted molar refractivity (Wildman–Crippen MR) is 63.1 cm³/mol. The Balaban J connectivity index is 2.64. The van der Waals surface area contributed by atoms with Crippen LogP contribution in [0, 0.1) is 6.92 Å². The Bertz CT molecular complexity index is 405. The van der Waals surface area contributed by atoms with E-state index >= 15 is 0 Å². The molecule has 2 N–H and O–H groups in total. The van der Waals surface area contributed by atoms with Gasteiger partial charge in [-0.15, -0.1) is 0 Å². The van der Waals surface area contributed by atoms with E-state index < -0.39 is 17.9 Å². The molecule has 94 valence electrons.